The first-order valence-electron chi connectivity index (χ1n) is 5.33. The van der Waals surface area contributed by atoms with Crippen molar-refractivity contribution in [1.29, 1.82) is 0 Å². The second-order valence-electron chi connectivity index (χ2n) is 3.79. The maximum Gasteiger partial charge on any atom is 0.123 e. The predicted octanol–water partition coefficient (Wildman–Crippen LogP) is 1.50. The molecule has 1 aromatic rings. The Morgan fingerprint density at radius 1 is 1.38 bits per heavy atom. The lowest BCUT2D eigenvalue weighted by Gasteiger charge is -2.17. The minimum Gasteiger partial charge on any atom is -0.496 e. The van der Waals surface area contributed by atoms with Gasteiger partial charge < -0.3 is 4.74 Å². The second kappa shape index (κ2) is 5.09. The third-order valence-corrected chi connectivity index (χ3v) is 2.63. The van der Waals surface area contributed by atoms with Gasteiger partial charge in [0, 0.05) is 6.42 Å². The molecule has 0 aliphatic carbocycles. The number of nitrogens with two attached hydrogens (primary N) is 1. The van der Waals surface area contributed by atoms with Crippen molar-refractivity contribution in [3.63, 3.8) is 0 Å². The minimum absolute atomic E-state index is 0.0343. The van der Waals surface area contributed by atoms with Crippen molar-refractivity contribution in [2.75, 3.05) is 6.61 Å². The Morgan fingerprint density at radius 3 is 2.69 bits per heavy atom. The Balaban J connectivity index is 2.03. The summed E-state index contributed by atoms with van der Waals surface area (Å²) in [5, 5.41) is 0. The number of rotatable bonds is 4. The van der Waals surface area contributed by atoms with E-state index in [4.69, 9.17) is 10.6 Å². The summed E-state index contributed by atoms with van der Waals surface area (Å²) < 4.78 is 18.2. The summed E-state index contributed by atoms with van der Waals surface area (Å²) in [5.41, 5.74) is 3.75. The summed E-state index contributed by atoms with van der Waals surface area (Å²) in [5.74, 6) is 6.14. The molecule has 0 saturated carbocycles. The normalized spacial score (nSPS) is 16.8. The van der Waals surface area contributed by atoms with Crippen LogP contribution in [0.4, 0.5) is 4.39 Å². The molecule has 0 aromatic heterocycles. The van der Waals surface area contributed by atoms with Gasteiger partial charge >= 0.3 is 0 Å². The largest absolute Gasteiger partial charge is 0.496 e. The van der Waals surface area contributed by atoms with Crippen LogP contribution in [-0.2, 0) is 11.2 Å². The third-order valence-electron chi connectivity index (χ3n) is 2.63. The van der Waals surface area contributed by atoms with Gasteiger partial charge in [0.1, 0.15) is 11.6 Å². The zero-order valence-corrected chi connectivity index (χ0v) is 8.95. The Labute approximate surface area is 94.1 Å². The minimum atomic E-state index is -0.225. The van der Waals surface area contributed by atoms with Crippen molar-refractivity contribution in [2.24, 2.45) is 5.84 Å². The molecule has 0 fully saturated rings. The summed E-state index contributed by atoms with van der Waals surface area (Å²) in [6.07, 6.45) is 3.66. The fourth-order valence-electron chi connectivity index (χ4n) is 1.78. The molecule has 0 spiro atoms. The summed E-state index contributed by atoms with van der Waals surface area (Å²) in [7, 11) is 0. The van der Waals surface area contributed by atoms with E-state index in [0.717, 1.165) is 24.4 Å². The van der Waals surface area contributed by atoms with E-state index in [0.29, 0.717) is 6.42 Å². The van der Waals surface area contributed by atoms with E-state index < -0.39 is 0 Å². The van der Waals surface area contributed by atoms with E-state index in [1.807, 2.05) is 6.08 Å². The van der Waals surface area contributed by atoms with E-state index >= 15 is 0 Å². The number of halogens is 1. The van der Waals surface area contributed by atoms with Gasteiger partial charge in [-0.05, 0) is 30.2 Å². The molecular formula is C12H15FN2O. The van der Waals surface area contributed by atoms with Crippen LogP contribution < -0.4 is 11.3 Å². The standard InChI is InChI=1S/C12H15FN2O/c13-10-5-3-9(4-6-10)8-11(15-14)12-2-1-7-16-12/h2-6,11,15H,1,7-8,14H2. The molecule has 2 rings (SSSR count). The van der Waals surface area contributed by atoms with Crippen molar-refractivity contribution in [3.05, 3.63) is 47.5 Å². The smallest absolute Gasteiger partial charge is 0.123 e. The monoisotopic (exact) mass is 222 g/mol. The maximum absolute atomic E-state index is 12.7. The van der Waals surface area contributed by atoms with E-state index in [1.54, 1.807) is 12.1 Å². The number of hydrazine groups is 1. The van der Waals surface area contributed by atoms with Gasteiger partial charge in [-0.3, -0.25) is 5.84 Å². The Kier molecular flexibility index (Phi) is 3.54. The van der Waals surface area contributed by atoms with Crippen molar-refractivity contribution in [2.45, 2.75) is 18.9 Å². The Hall–Kier alpha value is -1.39. The van der Waals surface area contributed by atoms with Gasteiger partial charge in [-0.25, -0.2) is 9.82 Å². The average Bonchev–Trinajstić information content (AvgIpc) is 2.82. The fraction of sp³-hybridized carbons (Fsp3) is 0.333. The van der Waals surface area contributed by atoms with Gasteiger partial charge in [-0.15, -0.1) is 0 Å². The van der Waals surface area contributed by atoms with Crippen LogP contribution >= 0.6 is 0 Å². The highest BCUT2D eigenvalue weighted by atomic mass is 19.1. The van der Waals surface area contributed by atoms with E-state index in [-0.39, 0.29) is 11.9 Å². The molecule has 1 aromatic carbocycles. The van der Waals surface area contributed by atoms with Gasteiger partial charge in [-0.2, -0.15) is 0 Å². The molecule has 3 N–H and O–H groups in total. The van der Waals surface area contributed by atoms with E-state index in [9.17, 15) is 4.39 Å². The highest BCUT2D eigenvalue weighted by Gasteiger charge is 2.17. The first-order valence-corrected chi connectivity index (χ1v) is 5.33. The van der Waals surface area contributed by atoms with Crippen molar-refractivity contribution >= 4 is 0 Å². The molecule has 1 unspecified atom stereocenters. The van der Waals surface area contributed by atoms with Gasteiger partial charge in [0.2, 0.25) is 0 Å². The average molecular weight is 222 g/mol. The molecule has 1 aliphatic rings. The molecule has 0 radical (unpaired) electrons. The second-order valence-corrected chi connectivity index (χ2v) is 3.79. The number of hydrogen-bond donors (Lipinski definition) is 2. The molecule has 3 nitrogen and oxygen atoms in total. The molecule has 16 heavy (non-hydrogen) atoms. The molecule has 86 valence electrons. The first kappa shape index (κ1) is 11.1. The SMILES string of the molecule is NNC(Cc1ccc(F)cc1)C1=CCCO1. The van der Waals surface area contributed by atoms with Crippen LogP contribution in [0, 0.1) is 5.82 Å². The highest BCUT2D eigenvalue weighted by Crippen LogP contribution is 2.16. The summed E-state index contributed by atoms with van der Waals surface area (Å²) >= 11 is 0. The van der Waals surface area contributed by atoms with Crippen molar-refractivity contribution in [3.8, 4) is 0 Å². The summed E-state index contributed by atoms with van der Waals surface area (Å²) in [6.45, 7) is 0.719. The van der Waals surface area contributed by atoms with Crippen LogP contribution in [0.5, 0.6) is 0 Å². The lowest BCUT2D eigenvalue weighted by molar-refractivity contribution is 0.214. The maximum atomic E-state index is 12.7. The van der Waals surface area contributed by atoms with Crippen LogP contribution in [0.15, 0.2) is 36.1 Å². The number of hydrogen-bond acceptors (Lipinski definition) is 3. The molecule has 0 saturated heterocycles. The van der Waals surface area contributed by atoms with Crippen LogP contribution in [0.2, 0.25) is 0 Å². The lowest BCUT2D eigenvalue weighted by Crippen LogP contribution is -2.38. The van der Waals surface area contributed by atoms with Crippen LogP contribution in [0.25, 0.3) is 0 Å². The topological polar surface area (TPSA) is 47.3 Å². The molecule has 0 amide bonds. The Bertz CT molecular complexity index is 375. The zero-order valence-electron chi connectivity index (χ0n) is 8.95. The number of nitrogens with one attached hydrogen (secondary N) is 1. The highest BCUT2D eigenvalue weighted by molar-refractivity contribution is 5.20. The molecule has 0 bridgehead atoms. The molecule has 1 aliphatic heterocycles. The van der Waals surface area contributed by atoms with Gasteiger partial charge in [-0.1, -0.05) is 12.1 Å². The van der Waals surface area contributed by atoms with E-state index in [1.165, 1.54) is 12.1 Å². The molecular weight excluding hydrogens is 207 g/mol. The molecule has 1 atom stereocenters. The lowest BCUT2D eigenvalue weighted by atomic mass is 10.0. The van der Waals surface area contributed by atoms with Crippen molar-refractivity contribution < 1.29 is 9.13 Å². The Morgan fingerprint density at radius 2 is 2.12 bits per heavy atom. The fourth-order valence-corrected chi connectivity index (χ4v) is 1.78. The van der Waals surface area contributed by atoms with Gasteiger partial charge in [0.25, 0.3) is 0 Å². The molecule has 4 heteroatoms. The number of benzene rings is 1. The van der Waals surface area contributed by atoms with Crippen molar-refractivity contribution in [1.82, 2.24) is 5.43 Å². The van der Waals surface area contributed by atoms with Gasteiger partial charge in [0.15, 0.2) is 0 Å². The number of ether oxygens (including phenoxy) is 1. The predicted molar refractivity (Wildman–Crippen MR) is 59.9 cm³/mol. The van der Waals surface area contributed by atoms with E-state index in [2.05, 4.69) is 5.43 Å². The zero-order chi connectivity index (χ0) is 11.4. The first-order chi connectivity index (χ1) is 7.79. The quantitative estimate of drug-likeness (QED) is 0.599. The third kappa shape index (κ3) is 2.59. The summed E-state index contributed by atoms with van der Waals surface area (Å²) in [6, 6.07) is 6.39. The van der Waals surface area contributed by atoms with Crippen LogP contribution in [-0.4, -0.2) is 12.6 Å². The van der Waals surface area contributed by atoms with Crippen LogP contribution in [0.1, 0.15) is 12.0 Å². The molecule has 1 heterocycles. The summed E-state index contributed by atoms with van der Waals surface area (Å²) in [4.78, 5) is 0. The van der Waals surface area contributed by atoms with Gasteiger partial charge in [0.05, 0.1) is 12.6 Å². The van der Waals surface area contributed by atoms with Crippen LogP contribution in [0.3, 0.4) is 0 Å².